The van der Waals surface area contributed by atoms with Crippen LogP contribution >= 0.6 is 11.3 Å². The van der Waals surface area contributed by atoms with Crippen molar-refractivity contribution >= 4 is 27.2 Å². The van der Waals surface area contributed by atoms with Gasteiger partial charge in [-0.15, -0.1) is 11.3 Å². The zero-order valence-corrected chi connectivity index (χ0v) is 17.9. The Morgan fingerprint density at radius 1 is 1.03 bits per heavy atom. The normalized spacial score (nSPS) is 14.8. The molecule has 0 atom stereocenters. The number of likely N-dealkylation sites (tertiary alicyclic amines) is 1. The zero-order valence-electron chi connectivity index (χ0n) is 17.1. The number of thiophene rings is 1. The van der Waals surface area contributed by atoms with Gasteiger partial charge in [0.05, 0.1) is 7.11 Å². The Morgan fingerprint density at radius 3 is 2.48 bits per heavy atom. The van der Waals surface area contributed by atoms with E-state index in [1.165, 1.54) is 32.4 Å². The van der Waals surface area contributed by atoms with Crippen LogP contribution in [0.25, 0.3) is 10.1 Å². The van der Waals surface area contributed by atoms with E-state index in [1.54, 1.807) is 18.4 Å². The van der Waals surface area contributed by atoms with Crippen LogP contribution in [0.3, 0.4) is 0 Å². The van der Waals surface area contributed by atoms with Gasteiger partial charge in [0.15, 0.2) is 5.78 Å². The van der Waals surface area contributed by atoms with Gasteiger partial charge in [0.1, 0.15) is 18.1 Å². The lowest BCUT2D eigenvalue weighted by Crippen LogP contribution is -2.33. The zero-order chi connectivity index (χ0) is 20.2. The summed E-state index contributed by atoms with van der Waals surface area (Å²) in [6, 6.07) is 13.4. The van der Waals surface area contributed by atoms with Crippen LogP contribution in [0.4, 0.5) is 0 Å². The van der Waals surface area contributed by atoms with Crippen molar-refractivity contribution in [3.63, 3.8) is 0 Å². The van der Waals surface area contributed by atoms with Gasteiger partial charge in [0, 0.05) is 32.6 Å². The SMILES string of the molecule is COc1ccc2c(C(=O)c3ccc(OCCN4CCCCC4)cc3)c(C)sc2c1. The molecule has 1 aliphatic rings. The lowest BCUT2D eigenvalue weighted by atomic mass is 10.0. The number of hydrogen-bond acceptors (Lipinski definition) is 5. The smallest absolute Gasteiger partial charge is 0.194 e. The summed E-state index contributed by atoms with van der Waals surface area (Å²) in [6.07, 6.45) is 3.93. The monoisotopic (exact) mass is 409 g/mol. The van der Waals surface area contributed by atoms with Gasteiger partial charge in [0.25, 0.3) is 0 Å². The third-order valence-corrected chi connectivity index (χ3v) is 6.61. The van der Waals surface area contributed by atoms with E-state index < -0.39 is 0 Å². The molecule has 2 heterocycles. The molecule has 5 heteroatoms. The minimum atomic E-state index is 0.0544. The first-order valence-electron chi connectivity index (χ1n) is 10.2. The van der Waals surface area contributed by atoms with Crippen molar-refractivity contribution in [1.82, 2.24) is 4.90 Å². The van der Waals surface area contributed by atoms with Crippen LogP contribution in [0.5, 0.6) is 11.5 Å². The number of nitrogens with zero attached hydrogens (tertiary/aromatic N) is 1. The van der Waals surface area contributed by atoms with Gasteiger partial charge < -0.3 is 9.47 Å². The topological polar surface area (TPSA) is 38.8 Å². The van der Waals surface area contributed by atoms with Crippen LogP contribution < -0.4 is 9.47 Å². The molecule has 4 rings (SSSR count). The number of carbonyl (C=O) groups excluding carboxylic acids is 1. The number of benzene rings is 2. The van der Waals surface area contributed by atoms with Crippen LogP contribution in [0.15, 0.2) is 42.5 Å². The van der Waals surface area contributed by atoms with E-state index in [2.05, 4.69) is 4.90 Å². The van der Waals surface area contributed by atoms with E-state index in [9.17, 15) is 4.79 Å². The third-order valence-electron chi connectivity index (χ3n) is 5.54. The molecule has 29 heavy (non-hydrogen) atoms. The fourth-order valence-corrected chi connectivity index (χ4v) is 5.02. The molecule has 1 saturated heterocycles. The van der Waals surface area contributed by atoms with E-state index in [0.717, 1.165) is 38.6 Å². The van der Waals surface area contributed by atoms with Crippen LogP contribution in [-0.2, 0) is 0 Å². The summed E-state index contributed by atoms with van der Waals surface area (Å²) in [5, 5.41) is 0.986. The number of carbonyl (C=O) groups is 1. The highest BCUT2D eigenvalue weighted by Gasteiger charge is 2.18. The van der Waals surface area contributed by atoms with E-state index in [0.29, 0.717) is 12.2 Å². The number of hydrogen-bond donors (Lipinski definition) is 0. The number of fused-ring (bicyclic) bond motifs is 1. The summed E-state index contributed by atoms with van der Waals surface area (Å²) >= 11 is 1.63. The number of aryl methyl sites for hydroxylation is 1. The molecule has 1 fully saturated rings. The van der Waals surface area contributed by atoms with Crippen molar-refractivity contribution < 1.29 is 14.3 Å². The molecular weight excluding hydrogens is 382 g/mol. The largest absolute Gasteiger partial charge is 0.497 e. The predicted octanol–water partition coefficient (Wildman–Crippen LogP) is 5.31. The maximum atomic E-state index is 13.2. The molecule has 152 valence electrons. The summed E-state index contributed by atoms with van der Waals surface area (Å²) in [6.45, 7) is 6.00. The first kappa shape index (κ1) is 19.9. The molecule has 0 spiro atoms. The molecule has 0 unspecified atom stereocenters. The van der Waals surface area contributed by atoms with Crippen molar-refractivity contribution in [3.8, 4) is 11.5 Å². The van der Waals surface area contributed by atoms with Crippen LogP contribution in [-0.4, -0.2) is 44.0 Å². The summed E-state index contributed by atoms with van der Waals surface area (Å²) in [4.78, 5) is 16.6. The molecule has 2 aromatic carbocycles. The van der Waals surface area contributed by atoms with Gasteiger partial charge in [-0.3, -0.25) is 9.69 Å². The summed E-state index contributed by atoms with van der Waals surface area (Å²) in [5.74, 6) is 1.68. The average molecular weight is 410 g/mol. The number of methoxy groups -OCH3 is 1. The molecule has 3 aromatic rings. The second-order valence-electron chi connectivity index (χ2n) is 7.50. The fraction of sp³-hybridized carbons (Fsp3) is 0.375. The Bertz CT molecular complexity index is 987. The van der Waals surface area contributed by atoms with E-state index in [4.69, 9.17) is 9.47 Å². The maximum absolute atomic E-state index is 13.2. The van der Waals surface area contributed by atoms with Gasteiger partial charge in [-0.2, -0.15) is 0 Å². The van der Waals surface area contributed by atoms with Gasteiger partial charge in [-0.25, -0.2) is 0 Å². The molecule has 1 aromatic heterocycles. The third kappa shape index (κ3) is 4.46. The molecule has 0 saturated carbocycles. The standard InChI is InChI=1S/C24H27NO3S/c1-17-23(21-11-10-20(27-2)16-22(21)29-17)24(26)18-6-8-19(9-7-18)28-15-14-25-12-4-3-5-13-25/h6-11,16H,3-5,12-15H2,1-2H3. The Labute approximate surface area is 176 Å². The Balaban J connectivity index is 1.44. The predicted molar refractivity (Wildman–Crippen MR) is 119 cm³/mol. The Hall–Kier alpha value is -2.37. The van der Waals surface area contributed by atoms with Gasteiger partial charge >= 0.3 is 0 Å². The summed E-state index contributed by atoms with van der Waals surface area (Å²) in [5.41, 5.74) is 1.47. The summed E-state index contributed by atoms with van der Waals surface area (Å²) < 4.78 is 12.3. The van der Waals surface area contributed by atoms with Gasteiger partial charge in [-0.05, 0) is 75.3 Å². The first-order valence-corrected chi connectivity index (χ1v) is 11.0. The number of rotatable bonds is 7. The van der Waals surface area contributed by atoms with Crippen molar-refractivity contribution in [2.45, 2.75) is 26.2 Å². The molecule has 0 N–H and O–H groups in total. The lowest BCUT2D eigenvalue weighted by Gasteiger charge is -2.26. The minimum absolute atomic E-state index is 0.0544. The number of piperidine rings is 1. The summed E-state index contributed by atoms with van der Waals surface area (Å²) in [7, 11) is 1.66. The Kier molecular flexibility index (Phi) is 6.16. The van der Waals surface area contributed by atoms with E-state index in [-0.39, 0.29) is 5.78 Å². The maximum Gasteiger partial charge on any atom is 0.194 e. The molecule has 0 radical (unpaired) electrons. The molecule has 4 nitrogen and oxygen atoms in total. The molecule has 0 amide bonds. The van der Waals surface area contributed by atoms with Crippen LogP contribution in [0.2, 0.25) is 0 Å². The van der Waals surface area contributed by atoms with Crippen molar-refractivity contribution in [2.75, 3.05) is 33.4 Å². The minimum Gasteiger partial charge on any atom is -0.497 e. The second-order valence-corrected chi connectivity index (χ2v) is 8.76. The van der Waals surface area contributed by atoms with Crippen LogP contribution in [0, 0.1) is 6.92 Å². The highest BCUT2D eigenvalue weighted by atomic mass is 32.1. The quantitative estimate of drug-likeness (QED) is 0.496. The molecule has 0 bridgehead atoms. The van der Waals surface area contributed by atoms with Gasteiger partial charge in [0.2, 0.25) is 0 Å². The lowest BCUT2D eigenvalue weighted by molar-refractivity contribution is 0.104. The Morgan fingerprint density at radius 2 is 1.76 bits per heavy atom. The van der Waals surface area contributed by atoms with Crippen LogP contribution in [0.1, 0.15) is 40.1 Å². The second kappa shape index (κ2) is 8.97. The van der Waals surface area contributed by atoms with Crippen molar-refractivity contribution in [2.24, 2.45) is 0 Å². The number of ketones is 1. The van der Waals surface area contributed by atoms with E-state index >= 15 is 0 Å². The highest BCUT2D eigenvalue weighted by Crippen LogP contribution is 2.34. The molecule has 0 aliphatic carbocycles. The van der Waals surface area contributed by atoms with Crippen molar-refractivity contribution in [1.29, 1.82) is 0 Å². The average Bonchev–Trinajstić information content (AvgIpc) is 3.09. The number of ether oxygens (including phenoxy) is 2. The fourth-order valence-electron chi connectivity index (χ4n) is 3.93. The van der Waals surface area contributed by atoms with Gasteiger partial charge in [-0.1, -0.05) is 6.42 Å². The highest BCUT2D eigenvalue weighted by molar-refractivity contribution is 7.19. The molecular formula is C24H27NO3S. The van der Waals surface area contributed by atoms with Crippen molar-refractivity contribution in [3.05, 3.63) is 58.5 Å². The first-order chi connectivity index (χ1) is 14.2. The molecule has 1 aliphatic heterocycles. The van der Waals surface area contributed by atoms with E-state index in [1.807, 2.05) is 49.4 Å².